The molecule has 0 aliphatic rings. The van der Waals surface area contributed by atoms with Gasteiger partial charge in [-0.2, -0.15) is 0 Å². The fraction of sp³-hybridized carbons (Fsp3) is 0.125. The van der Waals surface area contributed by atoms with Crippen molar-refractivity contribution in [1.29, 1.82) is 0 Å². The summed E-state index contributed by atoms with van der Waals surface area (Å²) in [5, 5.41) is 0. The molecule has 61 valence electrons. The SMILES string of the molecule is [CH-]=CCC=C.[Re].c1c[n-]cn1. The third-order valence-electron chi connectivity index (χ3n) is 0.675. The maximum absolute atomic E-state index is 4.94. The monoisotopic (exact) mass is 321 g/mol. The molecule has 1 aromatic rings. The summed E-state index contributed by atoms with van der Waals surface area (Å²) in [5.74, 6) is 0. The van der Waals surface area contributed by atoms with Gasteiger partial charge in [0.15, 0.2) is 0 Å². The molecule has 0 aliphatic carbocycles. The minimum atomic E-state index is 0. The van der Waals surface area contributed by atoms with Gasteiger partial charge in [0.25, 0.3) is 0 Å². The van der Waals surface area contributed by atoms with Gasteiger partial charge >= 0.3 is 0 Å². The largest absolute Gasteiger partial charge is 0.518 e. The number of nitrogens with zero attached hydrogens (tertiary/aromatic N) is 2. The van der Waals surface area contributed by atoms with Crippen LogP contribution in [0, 0.1) is 6.58 Å². The third-order valence-corrected chi connectivity index (χ3v) is 0.675. The first kappa shape index (κ1) is 13.0. The van der Waals surface area contributed by atoms with Crippen LogP contribution in [0.1, 0.15) is 6.42 Å². The summed E-state index contributed by atoms with van der Waals surface area (Å²) in [6, 6.07) is 0. The minimum absolute atomic E-state index is 0. The van der Waals surface area contributed by atoms with Gasteiger partial charge in [0.1, 0.15) is 0 Å². The maximum Gasteiger partial charge on any atom is 0 e. The van der Waals surface area contributed by atoms with E-state index in [2.05, 4.69) is 16.5 Å². The van der Waals surface area contributed by atoms with E-state index in [0.717, 1.165) is 6.42 Å². The van der Waals surface area contributed by atoms with Crippen LogP contribution in [0.25, 0.3) is 0 Å². The van der Waals surface area contributed by atoms with Crippen LogP contribution in [-0.2, 0) is 20.4 Å². The van der Waals surface area contributed by atoms with Crippen LogP contribution in [0.5, 0.6) is 0 Å². The Morgan fingerprint density at radius 1 is 1.64 bits per heavy atom. The summed E-state index contributed by atoms with van der Waals surface area (Å²) in [6.07, 6.45) is 8.90. The van der Waals surface area contributed by atoms with E-state index in [1.54, 1.807) is 24.5 Å². The Morgan fingerprint density at radius 3 is 2.45 bits per heavy atom. The quantitative estimate of drug-likeness (QED) is 0.611. The molecule has 0 N–H and O–H groups in total. The van der Waals surface area contributed by atoms with Crippen LogP contribution in [-0.4, -0.2) is 4.98 Å². The molecular formula is C8H10N2Re-2. The van der Waals surface area contributed by atoms with Crippen LogP contribution in [0.3, 0.4) is 0 Å². The Balaban J connectivity index is 0. The molecule has 2 nitrogen and oxygen atoms in total. The average Bonchev–Trinajstić information content (AvgIpc) is 2.44. The van der Waals surface area contributed by atoms with Crippen molar-refractivity contribution in [3.8, 4) is 0 Å². The molecule has 1 radical (unpaired) electrons. The molecule has 1 rings (SSSR count). The molecule has 0 atom stereocenters. The van der Waals surface area contributed by atoms with E-state index >= 15 is 0 Å². The number of allylic oxidation sites excluding steroid dienone is 2. The Labute approximate surface area is 81.1 Å². The molecule has 0 aromatic carbocycles. The summed E-state index contributed by atoms with van der Waals surface area (Å²) in [7, 11) is 0. The zero-order chi connectivity index (χ0) is 7.66. The number of hydrogen-bond donors (Lipinski definition) is 0. The fourth-order valence-electron chi connectivity index (χ4n) is 0.289. The molecule has 0 saturated carbocycles. The predicted octanol–water partition coefficient (Wildman–Crippen LogP) is 1.59. The molecule has 0 spiro atoms. The van der Waals surface area contributed by atoms with E-state index in [0.29, 0.717) is 0 Å². The van der Waals surface area contributed by atoms with Gasteiger partial charge in [-0.1, -0.05) is 24.8 Å². The van der Waals surface area contributed by atoms with Crippen molar-refractivity contribution in [1.82, 2.24) is 9.97 Å². The summed E-state index contributed by atoms with van der Waals surface area (Å²) in [4.78, 5) is 7.22. The van der Waals surface area contributed by atoms with E-state index in [1.165, 1.54) is 6.33 Å². The second-order valence-electron chi connectivity index (χ2n) is 1.47. The first-order valence-electron chi connectivity index (χ1n) is 2.92. The predicted molar refractivity (Wildman–Crippen MR) is 41.2 cm³/mol. The van der Waals surface area contributed by atoms with Crippen molar-refractivity contribution in [3.63, 3.8) is 0 Å². The van der Waals surface area contributed by atoms with Crippen LogP contribution in [0.15, 0.2) is 37.5 Å². The summed E-state index contributed by atoms with van der Waals surface area (Å²) in [6.45, 7) is 8.38. The molecule has 1 heterocycles. The standard InChI is InChI=1S/C5H7.C3H3N2.Re/c1-3-5-4-2;1-2-5-3-4-1;/h1,3-4H,2,5H2;1-3H;/q2*-1;. The molecule has 0 unspecified atom stereocenters. The maximum atomic E-state index is 4.94. The van der Waals surface area contributed by atoms with E-state index in [9.17, 15) is 0 Å². The molecule has 11 heavy (non-hydrogen) atoms. The van der Waals surface area contributed by atoms with E-state index in [4.69, 9.17) is 6.58 Å². The van der Waals surface area contributed by atoms with Crippen molar-refractivity contribution in [2.75, 3.05) is 0 Å². The van der Waals surface area contributed by atoms with E-state index in [1.807, 2.05) is 0 Å². The van der Waals surface area contributed by atoms with Gasteiger partial charge in [0, 0.05) is 20.4 Å². The van der Waals surface area contributed by atoms with Crippen molar-refractivity contribution in [3.05, 3.63) is 44.0 Å². The van der Waals surface area contributed by atoms with Crippen molar-refractivity contribution >= 4 is 0 Å². The molecule has 0 amide bonds. The van der Waals surface area contributed by atoms with Crippen molar-refractivity contribution in [2.45, 2.75) is 6.42 Å². The zero-order valence-corrected chi connectivity index (χ0v) is 8.87. The molecule has 0 bridgehead atoms. The first-order valence-corrected chi connectivity index (χ1v) is 2.92. The van der Waals surface area contributed by atoms with E-state index in [-0.39, 0.29) is 20.4 Å². The Bertz CT molecular complexity index is 135. The Hall–Kier alpha value is -0.648. The van der Waals surface area contributed by atoms with Gasteiger partial charge in [-0.15, -0.1) is 6.58 Å². The number of rotatable bonds is 2. The number of aromatic nitrogens is 2. The second-order valence-corrected chi connectivity index (χ2v) is 1.47. The van der Waals surface area contributed by atoms with Gasteiger partial charge in [-0.25, -0.2) is 0 Å². The molecule has 1 aromatic heterocycles. The molecule has 3 heteroatoms. The van der Waals surface area contributed by atoms with Gasteiger partial charge in [0.2, 0.25) is 0 Å². The minimum Gasteiger partial charge on any atom is -0.518 e. The first-order chi connectivity index (χ1) is 4.91. The zero-order valence-electron chi connectivity index (χ0n) is 6.15. The fourth-order valence-corrected chi connectivity index (χ4v) is 0.289. The molecule has 0 aliphatic heterocycles. The Kier molecular flexibility index (Phi) is 14.2. The molecule has 0 fully saturated rings. The van der Waals surface area contributed by atoms with Crippen LogP contribution in [0.2, 0.25) is 0 Å². The topological polar surface area (TPSA) is 27.0 Å². The summed E-state index contributed by atoms with van der Waals surface area (Å²) in [5.41, 5.74) is 0. The number of hydrogen-bond acceptors (Lipinski definition) is 1. The second kappa shape index (κ2) is 12.1. The van der Waals surface area contributed by atoms with Gasteiger partial charge in [0.05, 0.1) is 0 Å². The van der Waals surface area contributed by atoms with Crippen molar-refractivity contribution in [2.24, 2.45) is 0 Å². The molecular weight excluding hydrogens is 310 g/mol. The summed E-state index contributed by atoms with van der Waals surface area (Å²) < 4.78 is 0. The van der Waals surface area contributed by atoms with Crippen LogP contribution >= 0.6 is 0 Å². The third kappa shape index (κ3) is 12.5. The smallest absolute Gasteiger partial charge is 0 e. The number of imidazole rings is 1. The molecule has 0 saturated heterocycles. The van der Waals surface area contributed by atoms with Crippen LogP contribution in [0.4, 0.5) is 0 Å². The van der Waals surface area contributed by atoms with Crippen LogP contribution < -0.4 is 4.98 Å². The van der Waals surface area contributed by atoms with Gasteiger partial charge < -0.3 is 16.5 Å². The van der Waals surface area contributed by atoms with Gasteiger partial charge in [-0.05, 0) is 6.42 Å². The van der Waals surface area contributed by atoms with E-state index < -0.39 is 0 Å². The van der Waals surface area contributed by atoms with Crippen molar-refractivity contribution < 1.29 is 20.4 Å². The van der Waals surface area contributed by atoms with Gasteiger partial charge in [-0.3, -0.25) is 6.08 Å². The normalized spacial score (nSPS) is 6.55. The summed E-state index contributed by atoms with van der Waals surface area (Å²) >= 11 is 0. The Morgan fingerprint density at radius 2 is 2.36 bits per heavy atom. The average molecular weight is 320 g/mol.